The minimum atomic E-state index is -0.784. The largest absolute Gasteiger partial charge is 0.462 e. The summed E-state index contributed by atoms with van der Waals surface area (Å²) in [6.07, 6.45) is 66.3. The van der Waals surface area contributed by atoms with Crippen LogP contribution in [0, 0.1) is 0 Å². The van der Waals surface area contributed by atoms with E-state index in [1.807, 2.05) is 0 Å². The number of unbranched alkanes of at least 4 members (excludes halogenated alkanes) is 29. The summed E-state index contributed by atoms with van der Waals surface area (Å²) >= 11 is 0. The van der Waals surface area contributed by atoms with Gasteiger partial charge in [0.1, 0.15) is 13.2 Å². The molecule has 0 radical (unpaired) electrons. The van der Waals surface area contributed by atoms with Crippen molar-refractivity contribution in [3.05, 3.63) is 60.8 Å². The molecule has 0 bridgehead atoms. The normalized spacial score (nSPS) is 12.5. The number of carbonyl (C=O) groups is 3. The fraction of sp³-hybridized carbons (Fsp3) is 0.780. The van der Waals surface area contributed by atoms with Crippen molar-refractivity contribution in [3.63, 3.8) is 0 Å². The van der Waals surface area contributed by atoms with Crippen LogP contribution >= 0.6 is 0 Å². The minimum Gasteiger partial charge on any atom is -0.462 e. The monoisotopic (exact) mass is 909 g/mol. The van der Waals surface area contributed by atoms with Gasteiger partial charge in [-0.1, -0.05) is 216 Å². The van der Waals surface area contributed by atoms with Gasteiger partial charge in [-0.25, -0.2) is 0 Å². The number of hydrogen-bond acceptors (Lipinski definition) is 6. The molecule has 0 heterocycles. The van der Waals surface area contributed by atoms with Crippen LogP contribution in [0.15, 0.2) is 60.8 Å². The highest BCUT2D eigenvalue weighted by Gasteiger charge is 2.19. The summed E-state index contributed by atoms with van der Waals surface area (Å²) in [5.74, 6) is -0.902. The molecule has 0 aliphatic carbocycles. The van der Waals surface area contributed by atoms with Crippen molar-refractivity contribution in [1.82, 2.24) is 0 Å². The van der Waals surface area contributed by atoms with Crippen LogP contribution in [0.5, 0.6) is 0 Å². The highest BCUT2D eigenvalue weighted by molar-refractivity contribution is 5.71. The Kier molecular flexibility index (Phi) is 51.3. The molecule has 0 aliphatic heterocycles. The molecule has 1 unspecified atom stereocenters. The molecule has 0 rings (SSSR count). The maximum absolute atomic E-state index is 12.8. The van der Waals surface area contributed by atoms with E-state index in [0.29, 0.717) is 19.3 Å². The maximum Gasteiger partial charge on any atom is 0.306 e. The van der Waals surface area contributed by atoms with E-state index in [9.17, 15) is 14.4 Å². The zero-order valence-corrected chi connectivity index (χ0v) is 43.0. The number of hydrogen-bond donors (Lipinski definition) is 0. The van der Waals surface area contributed by atoms with E-state index in [1.54, 1.807) is 0 Å². The van der Waals surface area contributed by atoms with Gasteiger partial charge in [-0.05, 0) is 103 Å². The Morgan fingerprint density at radius 3 is 0.908 bits per heavy atom. The molecule has 65 heavy (non-hydrogen) atoms. The second-order valence-electron chi connectivity index (χ2n) is 18.5. The smallest absolute Gasteiger partial charge is 0.306 e. The highest BCUT2D eigenvalue weighted by atomic mass is 16.6. The van der Waals surface area contributed by atoms with Gasteiger partial charge in [-0.2, -0.15) is 0 Å². The van der Waals surface area contributed by atoms with Crippen LogP contribution in [-0.4, -0.2) is 37.2 Å². The van der Waals surface area contributed by atoms with Crippen molar-refractivity contribution in [2.45, 2.75) is 284 Å². The zero-order valence-electron chi connectivity index (χ0n) is 43.0. The predicted octanol–water partition coefficient (Wildman–Crippen LogP) is 18.4. The lowest BCUT2D eigenvalue weighted by atomic mass is 10.1. The molecule has 0 aromatic heterocycles. The van der Waals surface area contributed by atoms with Crippen molar-refractivity contribution in [2.24, 2.45) is 0 Å². The van der Waals surface area contributed by atoms with E-state index in [4.69, 9.17) is 14.2 Å². The number of allylic oxidation sites excluding steroid dienone is 10. The van der Waals surface area contributed by atoms with Gasteiger partial charge in [-0.3, -0.25) is 14.4 Å². The Bertz CT molecular complexity index is 1180. The molecule has 6 nitrogen and oxygen atoms in total. The Labute approximate surface area is 402 Å². The van der Waals surface area contributed by atoms with Crippen LogP contribution < -0.4 is 0 Å². The molecule has 0 aliphatic rings. The van der Waals surface area contributed by atoms with Crippen molar-refractivity contribution in [2.75, 3.05) is 13.2 Å². The third kappa shape index (κ3) is 51.9. The van der Waals surface area contributed by atoms with E-state index >= 15 is 0 Å². The predicted molar refractivity (Wildman–Crippen MR) is 279 cm³/mol. The van der Waals surface area contributed by atoms with Crippen LogP contribution in [0.1, 0.15) is 278 Å². The highest BCUT2D eigenvalue weighted by Crippen LogP contribution is 2.15. The van der Waals surface area contributed by atoms with Gasteiger partial charge < -0.3 is 14.2 Å². The summed E-state index contributed by atoms with van der Waals surface area (Å²) in [6, 6.07) is 0. The van der Waals surface area contributed by atoms with E-state index in [2.05, 4.69) is 81.5 Å². The van der Waals surface area contributed by atoms with Gasteiger partial charge in [0.25, 0.3) is 0 Å². The average Bonchev–Trinajstić information content (AvgIpc) is 3.30. The summed E-state index contributed by atoms with van der Waals surface area (Å²) in [4.78, 5) is 38.0. The molecule has 0 amide bonds. The first kappa shape index (κ1) is 62.1. The number of esters is 3. The molecular weight excluding hydrogens is 805 g/mol. The van der Waals surface area contributed by atoms with Crippen molar-refractivity contribution < 1.29 is 28.6 Å². The second kappa shape index (κ2) is 53.7. The van der Waals surface area contributed by atoms with Crippen LogP contribution in [-0.2, 0) is 28.6 Å². The van der Waals surface area contributed by atoms with E-state index in [0.717, 1.165) is 89.9 Å². The molecule has 0 aromatic carbocycles. The molecule has 1 atom stereocenters. The first-order valence-electron chi connectivity index (χ1n) is 27.8. The van der Waals surface area contributed by atoms with Crippen molar-refractivity contribution in [1.29, 1.82) is 0 Å². The molecule has 0 saturated heterocycles. The minimum absolute atomic E-state index is 0.0838. The molecule has 376 valence electrons. The molecular formula is C59H104O6. The lowest BCUT2D eigenvalue weighted by molar-refractivity contribution is -0.167. The Morgan fingerprint density at radius 1 is 0.308 bits per heavy atom. The molecule has 6 heteroatoms. The van der Waals surface area contributed by atoms with E-state index in [-0.39, 0.29) is 31.1 Å². The third-order valence-corrected chi connectivity index (χ3v) is 12.0. The summed E-state index contributed by atoms with van der Waals surface area (Å²) in [5, 5.41) is 0. The van der Waals surface area contributed by atoms with Crippen LogP contribution in [0.3, 0.4) is 0 Å². The van der Waals surface area contributed by atoms with Crippen molar-refractivity contribution >= 4 is 17.9 Å². The average molecular weight is 909 g/mol. The lowest BCUT2D eigenvalue weighted by Crippen LogP contribution is -2.30. The van der Waals surface area contributed by atoms with E-state index < -0.39 is 6.10 Å². The molecule has 0 fully saturated rings. The summed E-state index contributed by atoms with van der Waals surface area (Å²) < 4.78 is 16.8. The molecule has 0 spiro atoms. The van der Waals surface area contributed by atoms with Gasteiger partial charge in [0.15, 0.2) is 6.10 Å². The quantitative estimate of drug-likeness (QED) is 0.0262. The Balaban J connectivity index is 4.37. The topological polar surface area (TPSA) is 78.9 Å². The van der Waals surface area contributed by atoms with E-state index in [1.165, 1.54) is 148 Å². The van der Waals surface area contributed by atoms with Crippen molar-refractivity contribution in [3.8, 4) is 0 Å². The second-order valence-corrected chi connectivity index (χ2v) is 18.5. The Morgan fingerprint density at radius 2 is 0.569 bits per heavy atom. The fourth-order valence-corrected chi connectivity index (χ4v) is 7.72. The zero-order chi connectivity index (χ0) is 47.2. The van der Waals surface area contributed by atoms with Crippen LogP contribution in [0.4, 0.5) is 0 Å². The van der Waals surface area contributed by atoms with Gasteiger partial charge >= 0.3 is 17.9 Å². The first-order chi connectivity index (χ1) is 32.0. The SMILES string of the molecule is CCCC/C=C\CCCCCCCC(=O)OCC(COC(=O)CCCCCCCCC/C=C\C/C=C\CCCCCC)OC(=O)CCCCCCCCC/C=C\C/C=C\CCCCCC. The first-order valence-corrected chi connectivity index (χ1v) is 27.8. The fourth-order valence-electron chi connectivity index (χ4n) is 7.72. The summed E-state index contributed by atoms with van der Waals surface area (Å²) in [5.41, 5.74) is 0. The molecule has 0 N–H and O–H groups in total. The maximum atomic E-state index is 12.8. The lowest BCUT2D eigenvalue weighted by Gasteiger charge is -2.18. The van der Waals surface area contributed by atoms with Gasteiger partial charge in [0.2, 0.25) is 0 Å². The number of rotatable bonds is 50. The van der Waals surface area contributed by atoms with Gasteiger partial charge in [0, 0.05) is 19.3 Å². The number of carbonyl (C=O) groups excluding carboxylic acids is 3. The van der Waals surface area contributed by atoms with Gasteiger partial charge in [0.05, 0.1) is 0 Å². The van der Waals surface area contributed by atoms with Crippen LogP contribution in [0.2, 0.25) is 0 Å². The molecule has 0 saturated carbocycles. The third-order valence-electron chi connectivity index (χ3n) is 12.0. The Hall–Kier alpha value is -2.89. The summed E-state index contributed by atoms with van der Waals surface area (Å²) in [6.45, 7) is 6.56. The van der Waals surface area contributed by atoms with Gasteiger partial charge in [-0.15, -0.1) is 0 Å². The van der Waals surface area contributed by atoms with Crippen LogP contribution in [0.25, 0.3) is 0 Å². The molecule has 0 aromatic rings. The standard InChI is InChI=1S/C59H104O6/c1-4-7-10-13-16-19-22-24-26-28-30-32-34-37-40-43-46-49-52-58(61)64-55-56(54-63-57(60)51-48-45-42-39-36-21-18-15-12-9-6-3)65-59(62)53-50-47-44-41-38-35-33-31-29-27-25-23-20-17-14-11-8-5-2/h15,18-20,22-23,26-29,56H,4-14,16-17,21,24-25,30-55H2,1-3H3/b18-15-,22-19-,23-20-,28-26-,29-27-. The number of ether oxygens (including phenoxy) is 3. The summed E-state index contributed by atoms with van der Waals surface area (Å²) in [7, 11) is 0.